The average molecular weight is 247 g/mol. The van der Waals surface area contributed by atoms with E-state index in [2.05, 4.69) is 0 Å². The van der Waals surface area contributed by atoms with Crippen molar-refractivity contribution in [3.05, 3.63) is 54.1 Å². The molecule has 0 atom stereocenters. The smallest absolute Gasteiger partial charge is 0.208 e. The van der Waals surface area contributed by atoms with E-state index in [-0.39, 0.29) is 15.5 Å². The van der Waals surface area contributed by atoms with Crippen LogP contribution in [0.4, 0.5) is 5.69 Å². The quantitative estimate of drug-likeness (QED) is 0.829. The highest BCUT2D eigenvalue weighted by molar-refractivity contribution is 7.91. The van der Waals surface area contributed by atoms with Gasteiger partial charge in [-0.2, -0.15) is 0 Å². The molecule has 0 bridgehead atoms. The van der Waals surface area contributed by atoms with Gasteiger partial charge in [-0.25, -0.2) is 8.42 Å². The second-order valence-corrected chi connectivity index (χ2v) is 5.78. The summed E-state index contributed by atoms with van der Waals surface area (Å²) in [5, 5.41) is 0. The number of sulfone groups is 1. The summed E-state index contributed by atoms with van der Waals surface area (Å²) in [6.07, 6.45) is 0. The van der Waals surface area contributed by atoms with Gasteiger partial charge in [-0.15, -0.1) is 0 Å². The molecular weight excluding hydrogens is 234 g/mol. The van der Waals surface area contributed by atoms with Crippen molar-refractivity contribution in [2.24, 2.45) is 0 Å². The SMILES string of the molecule is Cc1ccc(N)c(S(=O)(=O)c2ccccc2)c1. The molecule has 4 heteroatoms. The van der Waals surface area contributed by atoms with Gasteiger partial charge < -0.3 is 5.73 Å². The zero-order valence-electron chi connectivity index (χ0n) is 9.42. The lowest BCUT2D eigenvalue weighted by molar-refractivity contribution is 0.596. The largest absolute Gasteiger partial charge is 0.398 e. The molecule has 0 aliphatic rings. The first-order valence-electron chi connectivity index (χ1n) is 5.18. The van der Waals surface area contributed by atoms with Crippen molar-refractivity contribution >= 4 is 15.5 Å². The topological polar surface area (TPSA) is 60.2 Å². The maximum Gasteiger partial charge on any atom is 0.208 e. The second kappa shape index (κ2) is 4.22. The van der Waals surface area contributed by atoms with Crippen molar-refractivity contribution < 1.29 is 8.42 Å². The van der Waals surface area contributed by atoms with E-state index in [9.17, 15) is 8.42 Å². The van der Waals surface area contributed by atoms with Crippen molar-refractivity contribution in [3.8, 4) is 0 Å². The highest BCUT2D eigenvalue weighted by Gasteiger charge is 2.19. The first-order valence-corrected chi connectivity index (χ1v) is 6.66. The van der Waals surface area contributed by atoms with E-state index >= 15 is 0 Å². The molecule has 0 spiro atoms. The molecule has 0 aliphatic heterocycles. The minimum atomic E-state index is -3.52. The van der Waals surface area contributed by atoms with E-state index < -0.39 is 9.84 Å². The molecular formula is C13H13NO2S. The van der Waals surface area contributed by atoms with Gasteiger partial charge in [-0.3, -0.25) is 0 Å². The third-order valence-electron chi connectivity index (χ3n) is 2.51. The minimum absolute atomic E-state index is 0.170. The fraction of sp³-hybridized carbons (Fsp3) is 0.0769. The van der Waals surface area contributed by atoms with Gasteiger partial charge in [0.2, 0.25) is 9.84 Å². The Balaban J connectivity index is 2.64. The van der Waals surface area contributed by atoms with E-state index in [1.165, 1.54) is 0 Å². The number of nitrogens with two attached hydrogens (primary N) is 1. The monoisotopic (exact) mass is 247 g/mol. The van der Waals surface area contributed by atoms with Crippen LogP contribution in [-0.2, 0) is 9.84 Å². The van der Waals surface area contributed by atoms with Crippen LogP contribution in [0.3, 0.4) is 0 Å². The summed E-state index contributed by atoms with van der Waals surface area (Å²) in [5.41, 5.74) is 6.88. The minimum Gasteiger partial charge on any atom is -0.398 e. The first-order chi connectivity index (χ1) is 8.01. The Labute approximate surface area is 101 Å². The molecule has 0 heterocycles. The van der Waals surface area contributed by atoms with Crippen LogP contribution < -0.4 is 5.73 Å². The van der Waals surface area contributed by atoms with Gasteiger partial charge in [0, 0.05) is 0 Å². The van der Waals surface area contributed by atoms with Crippen LogP contribution >= 0.6 is 0 Å². The zero-order chi connectivity index (χ0) is 12.5. The van der Waals surface area contributed by atoms with Crippen LogP contribution in [0.25, 0.3) is 0 Å². The standard InChI is InChI=1S/C13H13NO2S/c1-10-7-8-12(14)13(9-10)17(15,16)11-5-3-2-4-6-11/h2-9H,14H2,1H3. The van der Waals surface area contributed by atoms with Crippen LogP contribution in [-0.4, -0.2) is 8.42 Å². The average Bonchev–Trinajstić information content (AvgIpc) is 2.33. The number of anilines is 1. The number of aryl methyl sites for hydroxylation is 1. The van der Waals surface area contributed by atoms with Crippen molar-refractivity contribution in [1.29, 1.82) is 0 Å². The molecule has 0 saturated carbocycles. The Bertz CT molecular complexity index is 634. The highest BCUT2D eigenvalue weighted by atomic mass is 32.2. The molecule has 0 aliphatic carbocycles. The molecule has 2 aromatic rings. The molecule has 0 aromatic heterocycles. The Morgan fingerprint density at radius 3 is 2.29 bits per heavy atom. The van der Waals surface area contributed by atoms with E-state index in [4.69, 9.17) is 5.73 Å². The molecule has 0 radical (unpaired) electrons. The molecule has 2 aromatic carbocycles. The second-order valence-electron chi connectivity index (χ2n) is 3.86. The van der Waals surface area contributed by atoms with Gasteiger partial charge in [0.1, 0.15) is 0 Å². The number of hydrogen-bond donors (Lipinski definition) is 1. The molecule has 3 nitrogen and oxygen atoms in total. The lowest BCUT2D eigenvalue weighted by atomic mass is 10.2. The first kappa shape index (κ1) is 11.7. The van der Waals surface area contributed by atoms with Crippen LogP contribution in [0.15, 0.2) is 58.3 Å². The number of hydrogen-bond acceptors (Lipinski definition) is 3. The van der Waals surface area contributed by atoms with Gasteiger partial charge in [-0.1, -0.05) is 24.3 Å². The fourth-order valence-electron chi connectivity index (χ4n) is 1.60. The molecule has 88 valence electrons. The van der Waals surface area contributed by atoms with Crippen molar-refractivity contribution in [1.82, 2.24) is 0 Å². The fourth-order valence-corrected chi connectivity index (χ4v) is 3.09. The zero-order valence-corrected chi connectivity index (χ0v) is 10.2. The number of nitrogen functional groups attached to an aromatic ring is 1. The van der Waals surface area contributed by atoms with E-state index in [0.29, 0.717) is 0 Å². The molecule has 0 fully saturated rings. The van der Waals surface area contributed by atoms with Crippen molar-refractivity contribution in [2.75, 3.05) is 5.73 Å². The summed E-state index contributed by atoms with van der Waals surface area (Å²) in [7, 11) is -3.52. The summed E-state index contributed by atoms with van der Waals surface area (Å²) in [6.45, 7) is 1.84. The van der Waals surface area contributed by atoms with Crippen LogP contribution in [0.2, 0.25) is 0 Å². The van der Waals surface area contributed by atoms with E-state index in [0.717, 1.165) is 5.56 Å². The van der Waals surface area contributed by atoms with E-state index in [1.54, 1.807) is 48.5 Å². The molecule has 17 heavy (non-hydrogen) atoms. The molecule has 0 amide bonds. The summed E-state index contributed by atoms with van der Waals surface area (Å²) >= 11 is 0. The predicted octanol–water partition coefficient (Wildman–Crippen LogP) is 2.41. The molecule has 2 N–H and O–H groups in total. The van der Waals surface area contributed by atoms with Crippen molar-refractivity contribution in [2.45, 2.75) is 16.7 Å². The lowest BCUT2D eigenvalue weighted by Gasteiger charge is -2.08. The van der Waals surface area contributed by atoms with Gasteiger partial charge in [0.05, 0.1) is 15.5 Å². The van der Waals surface area contributed by atoms with Gasteiger partial charge in [0.15, 0.2) is 0 Å². The van der Waals surface area contributed by atoms with Crippen molar-refractivity contribution in [3.63, 3.8) is 0 Å². The Morgan fingerprint density at radius 1 is 1.00 bits per heavy atom. The number of rotatable bonds is 2. The number of benzene rings is 2. The molecule has 0 unspecified atom stereocenters. The maximum absolute atomic E-state index is 12.3. The van der Waals surface area contributed by atoms with Gasteiger partial charge in [0.25, 0.3) is 0 Å². The highest BCUT2D eigenvalue weighted by Crippen LogP contribution is 2.26. The summed E-state index contributed by atoms with van der Waals surface area (Å²) in [4.78, 5) is 0.431. The molecule has 0 saturated heterocycles. The van der Waals surface area contributed by atoms with E-state index in [1.807, 2.05) is 6.92 Å². The van der Waals surface area contributed by atoms with Gasteiger partial charge >= 0.3 is 0 Å². The summed E-state index contributed by atoms with van der Waals surface area (Å²) in [5.74, 6) is 0. The predicted molar refractivity (Wildman–Crippen MR) is 67.5 cm³/mol. The third-order valence-corrected chi connectivity index (χ3v) is 4.34. The Hall–Kier alpha value is -1.81. The van der Waals surface area contributed by atoms with Gasteiger partial charge in [-0.05, 0) is 36.8 Å². The lowest BCUT2D eigenvalue weighted by Crippen LogP contribution is -2.05. The van der Waals surface area contributed by atoms with Crippen LogP contribution in [0, 0.1) is 6.92 Å². The Morgan fingerprint density at radius 2 is 1.65 bits per heavy atom. The van der Waals surface area contributed by atoms with Crippen LogP contribution in [0.5, 0.6) is 0 Å². The summed E-state index contributed by atoms with van der Waals surface area (Å²) in [6, 6.07) is 13.3. The third kappa shape index (κ3) is 2.17. The summed E-state index contributed by atoms with van der Waals surface area (Å²) < 4.78 is 24.7. The van der Waals surface area contributed by atoms with Crippen LogP contribution in [0.1, 0.15) is 5.56 Å². The maximum atomic E-state index is 12.3. The Kier molecular flexibility index (Phi) is 2.90. The normalized spacial score (nSPS) is 11.4. The molecule has 2 rings (SSSR count).